The fourth-order valence-corrected chi connectivity index (χ4v) is 3.60. The average molecular weight is 282 g/mol. The van der Waals surface area contributed by atoms with Gasteiger partial charge in [-0.2, -0.15) is 0 Å². The number of benzene rings is 1. The summed E-state index contributed by atoms with van der Waals surface area (Å²) in [4.78, 5) is 0. The highest BCUT2D eigenvalue weighted by molar-refractivity contribution is 7.89. The van der Waals surface area contributed by atoms with Gasteiger partial charge in [-0.25, -0.2) is 13.1 Å². The van der Waals surface area contributed by atoms with E-state index in [1.54, 1.807) is 6.92 Å². The van der Waals surface area contributed by atoms with Crippen molar-refractivity contribution < 1.29 is 8.42 Å². The standard InChI is InChI=1S/C14H22N2O2S/c1-2-16-19(17,18)11-10-15-14-9-5-7-12-6-3-4-8-13(12)14/h3-4,6,8,14-16H,2,5,7,9-11H2,1H3. The molecule has 0 saturated heterocycles. The van der Waals surface area contributed by atoms with Gasteiger partial charge in [-0.15, -0.1) is 0 Å². The van der Waals surface area contributed by atoms with Crippen LogP contribution in [0.1, 0.15) is 36.9 Å². The van der Waals surface area contributed by atoms with E-state index in [-0.39, 0.29) is 5.75 Å². The molecule has 1 unspecified atom stereocenters. The van der Waals surface area contributed by atoms with Crippen molar-refractivity contribution in [1.82, 2.24) is 10.0 Å². The minimum atomic E-state index is -3.12. The minimum absolute atomic E-state index is 0.138. The molecular weight excluding hydrogens is 260 g/mol. The van der Waals surface area contributed by atoms with Crippen LogP contribution >= 0.6 is 0 Å². The van der Waals surface area contributed by atoms with Gasteiger partial charge in [0, 0.05) is 19.1 Å². The maximum Gasteiger partial charge on any atom is 0.212 e. The van der Waals surface area contributed by atoms with E-state index in [4.69, 9.17) is 0 Å². The van der Waals surface area contributed by atoms with Crippen LogP contribution < -0.4 is 10.0 Å². The molecule has 0 radical (unpaired) electrons. The highest BCUT2D eigenvalue weighted by Gasteiger charge is 2.19. The summed E-state index contributed by atoms with van der Waals surface area (Å²) in [6.45, 7) is 2.74. The number of rotatable bonds is 6. The number of hydrogen-bond acceptors (Lipinski definition) is 3. The van der Waals surface area contributed by atoms with Gasteiger partial charge in [0.1, 0.15) is 0 Å². The molecule has 0 heterocycles. The summed E-state index contributed by atoms with van der Waals surface area (Å²) in [5.74, 6) is 0.138. The van der Waals surface area contributed by atoms with Crippen molar-refractivity contribution in [3.8, 4) is 0 Å². The van der Waals surface area contributed by atoms with E-state index < -0.39 is 10.0 Å². The summed E-state index contributed by atoms with van der Waals surface area (Å²) in [5, 5.41) is 3.37. The van der Waals surface area contributed by atoms with Gasteiger partial charge >= 0.3 is 0 Å². The molecule has 0 aliphatic heterocycles. The Morgan fingerprint density at radius 2 is 2.11 bits per heavy atom. The van der Waals surface area contributed by atoms with Gasteiger partial charge < -0.3 is 5.32 Å². The maximum atomic E-state index is 11.6. The Labute approximate surface area is 115 Å². The molecule has 1 aromatic rings. The number of sulfonamides is 1. The second-order valence-electron chi connectivity index (χ2n) is 4.91. The minimum Gasteiger partial charge on any atom is -0.309 e. The molecule has 1 aliphatic carbocycles. The van der Waals surface area contributed by atoms with Gasteiger partial charge in [-0.3, -0.25) is 0 Å². The van der Waals surface area contributed by atoms with Crippen LogP contribution in [0.25, 0.3) is 0 Å². The SMILES string of the molecule is CCNS(=O)(=O)CCNC1CCCc2ccccc21. The zero-order valence-electron chi connectivity index (χ0n) is 11.4. The molecule has 0 bridgehead atoms. The smallest absolute Gasteiger partial charge is 0.212 e. The Kier molecular flexibility index (Phi) is 4.96. The Hall–Kier alpha value is -0.910. The number of fused-ring (bicyclic) bond motifs is 1. The van der Waals surface area contributed by atoms with E-state index in [0.717, 1.165) is 19.3 Å². The van der Waals surface area contributed by atoms with Crippen LogP contribution in [0, 0.1) is 0 Å². The van der Waals surface area contributed by atoms with Crippen molar-refractivity contribution in [2.45, 2.75) is 32.2 Å². The first-order chi connectivity index (χ1) is 9.12. The molecular formula is C14H22N2O2S. The average Bonchev–Trinajstić information content (AvgIpc) is 2.39. The third kappa shape index (κ3) is 4.03. The van der Waals surface area contributed by atoms with Crippen LogP contribution in [0.15, 0.2) is 24.3 Å². The lowest BCUT2D eigenvalue weighted by molar-refractivity contribution is 0.470. The van der Waals surface area contributed by atoms with Crippen LogP contribution in [-0.4, -0.2) is 27.3 Å². The predicted octanol–water partition coefficient (Wildman–Crippen LogP) is 1.59. The second kappa shape index (κ2) is 6.50. The summed E-state index contributed by atoms with van der Waals surface area (Å²) in [6.07, 6.45) is 3.37. The van der Waals surface area contributed by atoms with E-state index >= 15 is 0 Å². The third-order valence-corrected chi connectivity index (χ3v) is 4.97. The Morgan fingerprint density at radius 3 is 2.89 bits per heavy atom. The molecule has 2 N–H and O–H groups in total. The first kappa shape index (κ1) is 14.5. The van der Waals surface area contributed by atoms with Gasteiger partial charge in [0.2, 0.25) is 10.0 Å². The molecule has 0 aromatic heterocycles. The molecule has 2 rings (SSSR count). The molecule has 0 amide bonds. The van der Waals surface area contributed by atoms with Gasteiger partial charge in [-0.05, 0) is 30.4 Å². The van der Waals surface area contributed by atoms with Gasteiger partial charge in [-0.1, -0.05) is 31.2 Å². The van der Waals surface area contributed by atoms with Gasteiger partial charge in [0.25, 0.3) is 0 Å². The number of hydrogen-bond donors (Lipinski definition) is 2. The summed E-state index contributed by atoms with van der Waals surface area (Å²) in [5.41, 5.74) is 2.72. The van der Waals surface area contributed by atoms with E-state index in [1.165, 1.54) is 11.1 Å². The summed E-state index contributed by atoms with van der Waals surface area (Å²) < 4.78 is 25.6. The van der Waals surface area contributed by atoms with Crippen LogP contribution in [0.2, 0.25) is 0 Å². The third-order valence-electron chi connectivity index (χ3n) is 3.50. The molecule has 5 heteroatoms. The maximum absolute atomic E-state index is 11.6. The monoisotopic (exact) mass is 282 g/mol. The van der Waals surface area contributed by atoms with E-state index in [9.17, 15) is 8.42 Å². The normalized spacial score (nSPS) is 19.1. The highest BCUT2D eigenvalue weighted by Crippen LogP contribution is 2.29. The molecule has 0 saturated carbocycles. The molecule has 0 fully saturated rings. The van der Waals surface area contributed by atoms with Crippen molar-refractivity contribution >= 4 is 10.0 Å². The lowest BCUT2D eigenvalue weighted by atomic mass is 9.88. The summed E-state index contributed by atoms with van der Waals surface area (Å²) in [7, 11) is -3.12. The molecule has 1 aliphatic rings. The number of aryl methyl sites for hydroxylation is 1. The van der Waals surface area contributed by atoms with Crippen molar-refractivity contribution in [3.05, 3.63) is 35.4 Å². The van der Waals surface area contributed by atoms with Crippen molar-refractivity contribution in [1.29, 1.82) is 0 Å². The number of nitrogens with one attached hydrogen (secondary N) is 2. The molecule has 1 atom stereocenters. The van der Waals surface area contributed by atoms with Crippen molar-refractivity contribution in [3.63, 3.8) is 0 Å². The van der Waals surface area contributed by atoms with Gasteiger partial charge in [0.05, 0.1) is 5.75 Å². The van der Waals surface area contributed by atoms with Crippen LogP contribution in [0.4, 0.5) is 0 Å². The van der Waals surface area contributed by atoms with Crippen molar-refractivity contribution in [2.24, 2.45) is 0 Å². The lowest BCUT2D eigenvalue weighted by Gasteiger charge is -2.26. The summed E-state index contributed by atoms with van der Waals surface area (Å²) in [6, 6.07) is 8.72. The predicted molar refractivity (Wildman–Crippen MR) is 77.6 cm³/mol. The van der Waals surface area contributed by atoms with Gasteiger partial charge in [0.15, 0.2) is 0 Å². The quantitative estimate of drug-likeness (QED) is 0.833. The molecule has 19 heavy (non-hydrogen) atoms. The zero-order chi connectivity index (χ0) is 13.7. The fraction of sp³-hybridized carbons (Fsp3) is 0.571. The molecule has 4 nitrogen and oxygen atoms in total. The first-order valence-electron chi connectivity index (χ1n) is 6.91. The Morgan fingerprint density at radius 1 is 1.32 bits per heavy atom. The molecule has 1 aromatic carbocycles. The lowest BCUT2D eigenvalue weighted by Crippen LogP contribution is -2.34. The summed E-state index contributed by atoms with van der Waals surface area (Å²) >= 11 is 0. The zero-order valence-corrected chi connectivity index (χ0v) is 12.2. The Balaban J connectivity index is 1.91. The van der Waals surface area contributed by atoms with E-state index in [1.807, 2.05) is 6.07 Å². The van der Waals surface area contributed by atoms with Crippen LogP contribution in [0.3, 0.4) is 0 Å². The highest BCUT2D eigenvalue weighted by atomic mass is 32.2. The van der Waals surface area contributed by atoms with Crippen LogP contribution in [0.5, 0.6) is 0 Å². The first-order valence-corrected chi connectivity index (χ1v) is 8.56. The van der Waals surface area contributed by atoms with Crippen LogP contribution in [-0.2, 0) is 16.4 Å². The molecule has 0 spiro atoms. The topological polar surface area (TPSA) is 58.2 Å². The van der Waals surface area contributed by atoms with E-state index in [2.05, 4.69) is 28.2 Å². The van der Waals surface area contributed by atoms with Crippen molar-refractivity contribution in [2.75, 3.05) is 18.8 Å². The molecule has 106 valence electrons. The Bertz CT molecular complexity index is 514. The van der Waals surface area contributed by atoms with E-state index in [0.29, 0.717) is 19.1 Å². The largest absolute Gasteiger partial charge is 0.309 e. The fourth-order valence-electron chi connectivity index (χ4n) is 2.63. The second-order valence-corrected chi connectivity index (χ2v) is 6.84.